The van der Waals surface area contributed by atoms with Crippen molar-refractivity contribution in [2.24, 2.45) is 0 Å². The molecule has 2 amide bonds. The third-order valence-electron chi connectivity index (χ3n) is 3.92. The molecule has 1 fully saturated rings. The van der Waals surface area contributed by atoms with Gasteiger partial charge in [0.2, 0.25) is 5.91 Å². The minimum atomic E-state index is -0.408. The van der Waals surface area contributed by atoms with E-state index in [0.717, 1.165) is 23.0 Å². The average molecular weight is 405 g/mol. The molecule has 0 aliphatic carbocycles. The first-order chi connectivity index (χ1) is 12.1. The zero-order valence-electron chi connectivity index (χ0n) is 13.9. The lowest BCUT2D eigenvalue weighted by Crippen LogP contribution is -2.31. The van der Waals surface area contributed by atoms with Crippen molar-refractivity contribution in [1.82, 2.24) is 15.5 Å². The Bertz CT molecular complexity index is 697. The van der Waals surface area contributed by atoms with Gasteiger partial charge in [-0.15, -0.1) is 0 Å². The number of nitriles is 1. The maximum absolute atomic E-state index is 12.0. The van der Waals surface area contributed by atoms with E-state index in [-0.39, 0.29) is 11.5 Å². The Hall–Kier alpha value is -2.33. The van der Waals surface area contributed by atoms with Crippen LogP contribution in [0.1, 0.15) is 24.8 Å². The van der Waals surface area contributed by atoms with Crippen LogP contribution in [0.5, 0.6) is 0 Å². The monoisotopic (exact) mass is 404 g/mol. The van der Waals surface area contributed by atoms with Crippen LogP contribution < -0.4 is 10.6 Å². The molecule has 1 aromatic rings. The second-order valence-corrected chi connectivity index (χ2v) is 6.59. The lowest BCUT2D eigenvalue weighted by molar-refractivity contribution is -0.127. The van der Waals surface area contributed by atoms with E-state index >= 15 is 0 Å². The van der Waals surface area contributed by atoms with Crippen molar-refractivity contribution in [3.63, 3.8) is 0 Å². The molecular weight excluding hydrogens is 384 g/mol. The summed E-state index contributed by atoms with van der Waals surface area (Å²) in [5, 5.41) is 14.8. The zero-order chi connectivity index (χ0) is 18.1. The summed E-state index contributed by atoms with van der Waals surface area (Å²) in [7, 11) is 0. The Morgan fingerprint density at radius 3 is 2.88 bits per heavy atom. The van der Waals surface area contributed by atoms with Crippen LogP contribution in [0.2, 0.25) is 0 Å². The highest BCUT2D eigenvalue weighted by Crippen LogP contribution is 2.15. The van der Waals surface area contributed by atoms with E-state index in [1.54, 1.807) is 0 Å². The van der Waals surface area contributed by atoms with Crippen LogP contribution in [0.15, 0.2) is 40.5 Å². The molecule has 1 heterocycles. The minimum absolute atomic E-state index is 0.0318. The molecule has 0 bridgehead atoms. The van der Waals surface area contributed by atoms with Crippen molar-refractivity contribution in [3.05, 3.63) is 46.1 Å². The van der Waals surface area contributed by atoms with Crippen LogP contribution in [0.25, 0.3) is 0 Å². The Labute approximate surface area is 156 Å². The summed E-state index contributed by atoms with van der Waals surface area (Å²) in [6, 6.07) is 9.64. The summed E-state index contributed by atoms with van der Waals surface area (Å²) < 4.78 is 0.968. The summed E-state index contributed by atoms with van der Waals surface area (Å²) in [5.41, 5.74) is 1.07. The molecule has 0 radical (unpaired) electrons. The van der Waals surface area contributed by atoms with Crippen LogP contribution >= 0.6 is 15.9 Å². The third-order valence-corrected chi connectivity index (χ3v) is 4.70. The minimum Gasteiger partial charge on any atom is -0.386 e. The fourth-order valence-corrected chi connectivity index (χ4v) is 2.99. The lowest BCUT2D eigenvalue weighted by Gasteiger charge is -2.15. The molecule has 25 heavy (non-hydrogen) atoms. The van der Waals surface area contributed by atoms with E-state index in [2.05, 4.69) is 26.6 Å². The zero-order valence-corrected chi connectivity index (χ0v) is 15.5. The van der Waals surface area contributed by atoms with Crippen molar-refractivity contribution in [3.8, 4) is 6.07 Å². The molecule has 1 aromatic carbocycles. The first-order valence-electron chi connectivity index (χ1n) is 8.25. The van der Waals surface area contributed by atoms with Gasteiger partial charge in [0.1, 0.15) is 11.6 Å². The van der Waals surface area contributed by atoms with Crippen molar-refractivity contribution >= 4 is 27.7 Å². The fraction of sp³-hybridized carbons (Fsp3) is 0.389. The predicted octanol–water partition coefficient (Wildman–Crippen LogP) is 2.07. The van der Waals surface area contributed by atoms with Crippen molar-refractivity contribution in [2.45, 2.75) is 25.8 Å². The van der Waals surface area contributed by atoms with Crippen LogP contribution in [-0.4, -0.2) is 36.3 Å². The van der Waals surface area contributed by atoms with E-state index in [0.29, 0.717) is 32.5 Å². The quantitative estimate of drug-likeness (QED) is 0.394. The van der Waals surface area contributed by atoms with Gasteiger partial charge < -0.3 is 15.5 Å². The van der Waals surface area contributed by atoms with E-state index < -0.39 is 5.91 Å². The topological polar surface area (TPSA) is 85.2 Å². The Morgan fingerprint density at radius 2 is 2.20 bits per heavy atom. The Morgan fingerprint density at radius 1 is 1.40 bits per heavy atom. The highest BCUT2D eigenvalue weighted by atomic mass is 79.9. The Balaban J connectivity index is 1.73. The molecule has 0 unspecified atom stereocenters. The van der Waals surface area contributed by atoms with Crippen molar-refractivity contribution in [2.75, 3.05) is 19.6 Å². The number of benzene rings is 1. The van der Waals surface area contributed by atoms with E-state index in [1.807, 2.05) is 35.2 Å². The van der Waals surface area contributed by atoms with E-state index in [1.165, 1.54) is 6.20 Å². The molecule has 7 heteroatoms. The number of halogens is 1. The van der Waals surface area contributed by atoms with Crippen LogP contribution in [0, 0.1) is 11.3 Å². The number of rotatable bonds is 8. The second-order valence-electron chi connectivity index (χ2n) is 5.74. The number of nitrogens with one attached hydrogen (secondary N) is 2. The second kappa shape index (κ2) is 9.84. The molecule has 0 saturated carbocycles. The number of amides is 2. The summed E-state index contributed by atoms with van der Waals surface area (Å²) in [5.74, 6) is -0.227. The van der Waals surface area contributed by atoms with Gasteiger partial charge >= 0.3 is 0 Å². The number of carbonyl (C=O) groups is 2. The SMILES string of the molecule is N#C/C(=C/NCc1ccccc1Br)C(=O)NCCCN1CCCC1=O. The standard InChI is InChI=1S/C18H21BrN4O2/c19-16-6-2-1-5-14(16)12-21-13-15(11-20)18(25)22-8-4-10-23-9-3-7-17(23)24/h1-2,5-6,13,21H,3-4,7-10,12H2,(H,22,25)/b15-13-. The molecule has 0 aromatic heterocycles. The molecule has 1 saturated heterocycles. The van der Waals surface area contributed by atoms with E-state index in [4.69, 9.17) is 5.26 Å². The fourth-order valence-electron chi connectivity index (χ4n) is 2.56. The molecule has 0 atom stereocenters. The molecular formula is C18H21BrN4O2. The summed E-state index contributed by atoms with van der Waals surface area (Å²) in [4.78, 5) is 25.3. The van der Waals surface area contributed by atoms with Gasteiger partial charge in [0, 0.05) is 43.3 Å². The summed E-state index contributed by atoms with van der Waals surface area (Å²) >= 11 is 3.45. The predicted molar refractivity (Wildman–Crippen MR) is 98.1 cm³/mol. The molecule has 6 nitrogen and oxygen atoms in total. The van der Waals surface area contributed by atoms with Gasteiger partial charge in [-0.2, -0.15) is 5.26 Å². The number of nitrogens with zero attached hydrogens (tertiary/aromatic N) is 2. The van der Waals surface area contributed by atoms with Crippen LogP contribution in [-0.2, 0) is 16.1 Å². The van der Waals surface area contributed by atoms with Gasteiger partial charge in [-0.1, -0.05) is 34.1 Å². The van der Waals surface area contributed by atoms with Crippen LogP contribution in [0.3, 0.4) is 0 Å². The molecule has 1 aliphatic rings. The molecule has 1 aliphatic heterocycles. The smallest absolute Gasteiger partial charge is 0.263 e. The van der Waals surface area contributed by atoms with Gasteiger partial charge in [-0.25, -0.2) is 0 Å². The van der Waals surface area contributed by atoms with Gasteiger partial charge in [-0.05, 0) is 24.5 Å². The lowest BCUT2D eigenvalue weighted by atomic mass is 10.2. The number of carbonyl (C=O) groups excluding carboxylic acids is 2. The first kappa shape index (κ1) is 19.0. The van der Waals surface area contributed by atoms with Gasteiger partial charge in [-0.3, -0.25) is 9.59 Å². The number of likely N-dealkylation sites (tertiary alicyclic amines) is 1. The van der Waals surface area contributed by atoms with Gasteiger partial charge in [0.25, 0.3) is 5.91 Å². The highest BCUT2D eigenvalue weighted by Gasteiger charge is 2.19. The largest absolute Gasteiger partial charge is 0.386 e. The Kier molecular flexibility index (Phi) is 7.48. The third kappa shape index (κ3) is 5.91. The maximum Gasteiger partial charge on any atom is 0.263 e. The summed E-state index contributed by atoms with van der Waals surface area (Å²) in [6.07, 6.45) is 3.64. The molecule has 132 valence electrons. The van der Waals surface area contributed by atoms with Crippen molar-refractivity contribution < 1.29 is 9.59 Å². The number of hydrogen-bond acceptors (Lipinski definition) is 4. The highest BCUT2D eigenvalue weighted by molar-refractivity contribution is 9.10. The molecule has 0 spiro atoms. The van der Waals surface area contributed by atoms with Gasteiger partial charge in [0.05, 0.1) is 0 Å². The van der Waals surface area contributed by atoms with E-state index in [9.17, 15) is 9.59 Å². The summed E-state index contributed by atoms with van der Waals surface area (Å²) in [6.45, 7) is 2.39. The number of hydrogen-bond donors (Lipinski definition) is 2. The average Bonchev–Trinajstić information content (AvgIpc) is 3.02. The first-order valence-corrected chi connectivity index (χ1v) is 9.04. The molecule has 2 rings (SSSR count). The van der Waals surface area contributed by atoms with Crippen molar-refractivity contribution in [1.29, 1.82) is 5.26 Å². The van der Waals surface area contributed by atoms with Gasteiger partial charge in [0.15, 0.2) is 0 Å². The molecule has 2 N–H and O–H groups in total. The normalized spacial score (nSPS) is 14.3. The maximum atomic E-state index is 12.0. The van der Waals surface area contributed by atoms with Crippen LogP contribution in [0.4, 0.5) is 0 Å².